The standard InChI is InChI=1S/C14H23IO3/c1-3-17-13(11-15)18-12-5-8-14(2,9-6-12)7-4-10-16/h5,8,10,12-13H,3-4,6-7,9,11H2,1-2H3/t12-,13?,14-/m1/s1. The molecule has 0 amide bonds. The second-order valence-corrected chi connectivity index (χ2v) is 5.85. The molecule has 0 fully saturated rings. The van der Waals surface area contributed by atoms with E-state index in [0.29, 0.717) is 13.0 Å². The summed E-state index contributed by atoms with van der Waals surface area (Å²) in [7, 11) is 0. The fraction of sp³-hybridized carbons (Fsp3) is 0.786. The predicted molar refractivity (Wildman–Crippen MR) is 81.0 cm³/mol. The molecule has 104 valence electrons. The summed E-state index contributed by atoms with van der Waals surface area (Å²) in [6.07, 6.45) is 9.04. The maximum atomic E-state index is 10.4. The van der Waals surface area contributed by atoms with Crippen molar-refractivity contribution in [3.8, 4) is 0 Å². The maximum Gasteiger partial charge on any atom is 0.167 e. The zero-order valence-electron chi connectivity index (χ0n) is 11.2. The van der Waals surface area contributed by atoms with Crippen LogP contribution in [0.4, 0.5) is 0 Å². The normalized spacial score (nSPS) is 29.2. The van der Waals surface area contributed by atoms with Gasteiger partial charge in [0.25, 0.3) is 0 Å². The summed E-state index contributed by atoms with van der Waals surface area (Å²) in [5.41, 5.74) is 0.159. The molecule has 4 heteroatoms. The zero-order valence-corrected chi connectivity index (χ0v) is 13.4. The van der Waals surface area contributed by atoms with Crippen LogP contribution in [0.2, 0.25) is 0 Å². The van der Waals surface area contributed by atoms with Gasteiger partial charge in [0, 0.05) is 13.0 Å². The Balaban J connectivity index is 2.44. The molecular formula is C14H23IO3. The fourth-order valence-electron chi connectivity index (χ4n) is 2.20. The molecule has 1 unspecified atom stereocenters. The number of ether oxygens (including phenoxy) is 2. The predicted octanol–water partition coefficient (Wildman–Crippen LogP) is 3.50. The first-order valence-electron chi connectivity index (χ1n) is 6.59. The topological polar surface area (TPSA) is 35.5 Å². The van der Waals surface area contributed by atoms with Crippen molar-refractivity contribution in [2.75, 3.05) is 11.0 Å². The van der Waals surface area contributed by atoms with Gasteiger partial charge in [-0.3, -0.25) is 0 Å². The number of hydrogen-bond acceptors (Lipinski definition) is 3. The number of hydrogen-bond donors (Lipinski definition) is 0. The van der Waals surface area contributed by atoms with Gasteiger partial charge in [-0.1, -0.05) is 41.7 Å². The lowest BCUT2D eigenvalue weighted by Crippen LogP contribution is -2.29. The molecule has 0 aromatic heterocycles. The van der Waals surface area contributed by atoms with Crippen LogP contribution >= 0.6 is 22.6 Å². The first-order chi connectivity index (χ1) is 8.63. The smallest absolute Gasteiger partial charge is 0.167 e. The third-order valence-electron chi connectivity index (χ3n) is 3.35. The Morgan fingerprint density at radius 3 is 2.89 bits per heavy atom. The van der Waals surface area contributed by atoms with E-state index >= 15 is 0 Å². The summed E-state index contributed by atoms with van der Waals surface area (Å²) in [5, 5.41) is 0. The van der Waals surface area contributed by atoms with E-state index in [9.17, 15) is 4.79 Å². The Bertz CT molecular complexity index is 280. The van der Waals surface area contributed by atoms with E-state index in [4.69, 9.17) is 9.47 Å². The lowest BCUT2D eigenvalue weighted by Gasteiger charge is -2.33. The molecule has 0 aliphatic heterocycles. The summed E-state index contributed by atoms with van der Waals surface area (Å²) in [5.74, 6) is 0. The number of alkyl halides is 1. The van der Waals surface area contributed by atoms with Crippen molar-refractivity contribution in [1.82, 2.24) is 0 Å². The number of rotatable bonds is 8. The third-order valence-corrected chi connectivity index (χ3v) is 4.07. The SMILES string of the molecule is CCOC(CI)O[C@@H]1C=C[C@@](C)(CCC=O)CC1. The summed E-state index contributed by atoms with van der Waals surface area (Å²) < 4.78 is 12.2. The summed E-state index contributed by atoms with van der Waals surface area (Å²) in [6, 6.07) is 0. The van der Waals surface area contributed by atoms with Gasteiger partial charge in [0.2, 0.25) is 0 Å². The van der Waals surface area contributed by atoms with Crippen molar-refractivity contribution in [2.45, 2.75) is 51.9 Å². The molecule has 1 aliphatic carbocycles. The molecule has 18 heavy (non-hydrogen) atoms. The van der Waals surface area contributed by atoms with Crippen LogP contribution in [-0.2, 0) is 14.3 Å². The van der Waals surface area contributed by atoms with Gasteiger partial charge in [0.05, 0.1) is 10.5 Å². The minimum atomic E-state index is -0.107. The largest absolute Gasteiger partial charge is 0.352 e. The second-order valence-electron chi connectivity index (χ2n) is 4.97. The quantitative estimate of drug-likeness (QED) is 0.217. The lowest BCUT2D eigenvalue weighted by atomic mass is 9.77. The van der Waals surface area contributed by atoms with Crippen LogP contribution in [0, 0.1) is 5.41 Å². The molecule has 3 atom stereocenters. The van der Waals surface area contributed by atoms with Gasteiger partial charge in [0.15, 0.2) is 6.29 Å². The Labute approximate surface area is 123 Å². The molecule has 0 saturated heterocycles. The fourth-order valence-corrected chi connectivity index (χ4v) is 2.66. The third kappa shape index (κ3) is 5.36. The van der Waals surface area contributed by atoms with Crippen LogP contribution in [0.15, 0.2) is 12.2 Å². The summed E-state index contributed by atoms with van der Waals surface area (Å²) in [6.45, 7) is 4.87. The molecule has 0 radical (unpaired) electrons. The molecule has 0 heterocycles. The zero-order chi connectivity index (χ0) is 13.4. The molecule has 0 saturated carbocycles. The van der Waals surface area contributed by atoms with Crippen molar-refractivity contribution >= 4 is 28.9 Å². The van der Waals surface area contributed by atoms with Gasteiger partial charge in [-0.25, -0.2) is 0 Å². The first kappa shape index (κ1) is 16.1. The molecule has 0 bridgehead atoms. The highest BCUT2D eigenvalue weighted by Crippen LogP contribution is 2.35. The van der Waals surface area contributed by atoms with Crippen molar-refractivity contribution in [3.05, 3.63) is 12.2 Å². The lowest BCUT2D eigenvalue weighted by molar-refractivity contribution is -0.144. The van der Waals surface area contributed by atoms with Gasteiger partial charge in [-0.05, 0) is 31.6 Å². The van der Waals surface area contributed by atoms with E-state index in [-0.39, 0.29) is 17.8 Å². The highest BCUT2D eigenvalue weighted by Gasteiger charge is 2.27. The summed E-state index contributed by atoms with van der Waals surface area (Å²) in [4.78, 5) is 10.4. The number of allylic oxidation sites excluding steroid dienone is 1. The molecule has 0 aromatic rings. The van der Waals surface area contributed by atoms with Crippen molar-refractivity contribution in [2.24, 2.45) is 5.41 Å². The number of halogens is 1. The Hall–Kier alpha value is 0.0600. The number of carbonyl (C=O) groups is 1. The van der Waals surface area contributed by atoms with Gasteiger partial charge in [0.1, 0.15) is 6.29 Å². The van der Waals surface area contributed by atoms with E-state index < -0.39 is 0 Å². The van der Waals surface area contributed by atoms with Crippen LogP contribution < -0.4 is 0 Å². The molecule has 3 nitrogen and oxygen atoms in total. The number of carbonyl (C=O) groups excluding carboxylic acids is 1. The molecule has 1 rings (SSSR count). The van der Waals surface area contributed by atoms with Gasteiger partial charge in [-0.15, -0.1) is 0 Å². The highest BCUT2D eigenvalue weighted by molar-refractivity contribution is 14.1. The Morgan fingerprint density at radius 1 is 1.61 bits per heavy atom. The average Bonchev–Trinajstić information content (AvgIpc) is 2.39. The number of aldehydes is 1. The second kappa shape index (κ2) is 8.27. The Kier molecular flexibility index (Phi) is 7.41. The molecular weight excluding hydrogens is 343 g/mol. The van der Waals surface area contributed by atoms with Crippen LogP contribution in [0.5, 0.6) is 0 Å². The molecule has 0 N–H and O–H groups in total. The van der Waals surface area contributed by atoms with E-state index in [2.05, 4.69) is 41.7 Å². The van der Waals surface area contributed by atoms with E-state index in [1.54, 1.807) is 0 Å². The summed E-state index contributed by atoms with van der Waals surface area (Å²) >= 11 is 2.28. The maximum absolute atomic E-state index is 10.4. The average molecular weight is 366 g/mol. The first-order valence-corrected chi connectivity index (χ1v) is 8.12. The molecule has 1 aliphatic rings. The van der Waals surface area contributed by atoms with Crippen LogP contribution in [0.25, 0.3) is 0 Å². The molecule has 0 spiro atoms. The minimum absolute atomic E-state index is 0.107. The molecule has 0 aromatic carbocycles. The minimum Gasteiger partial charge on any atom is -0.352 e. The van der Waals surface area contributed by atoms with Crippen molar-refractivity contribution in [3.63, 3.8) is 0 Å². The van der Waals surface area contributed by atoms with Gasteiger partial charge in [-0.2, -0.15) is 0 Å². The van der Waals surface area contributed by atoms with Crippen LogP contribution in [0.3, 0.4) is 0 Å². The monoisotopic (exact) mass is 366 g/mol. The highest BCUT2D eigenvalue weighted by atomic mass is 127. The van der Waals surface area contributed by atoms with Crippen molar-refractivity contribution in [1.29, 1.82) is 0 Å². The van der Waals surface area contributed by atoms with Crippen LogP contribution in [-0.4, -0.2) is 29.7 Å². The van der Waals surface area contributed by atoms with Gasteiger partial charge >= 0.3 is 0 Å². The van der Waals surface area contributed by atoms with E-state index in [0.717, 1.165) is 30.0 Å². The van der Waals surface area contributed by atoms with E-state index in [1.165, 1.54) is 0 Å². The van der Waals surface area contributed by atoms with Crippen molar-refractivity contribution < 1.29 is 14.3 Å². The van der Waals surface area contributed by atoms with E-state index in [1.807, 2.05) is 6.92 Å². The van der Waals surface area contributed by atoms with Crippen LogP contribution in [0.1, 0.15) is 39.5 Å². The van der Waals surface area contributed by atoms with Gasteiger partial charge < -0.3 is 14.3 Å². The Morgan fingerprint density at radius 2 is 2.39 bits per heavy atom.